The first-order chi connectivity index (χ1) is 7.72. The molecule has 0 heterocycles. The van der Waals surface area contributed by atoms with E-state index in [1.54, 1.807) is 6.07 Å². The summed E-state index contributed by atoms with van der Waals surface area (Å²) in [4.78, 5) is 2.40. The molecule has 0 radical (unpaired) electrons. The number of hydrogen-bond donors (Lipinski definition) is 1. The van der Waals surface area contributed by atoms with E-state index < -0.39 is 0 Å². The number of benzene rings is 1. The fourth-order valence-corrected chi connectivity index (χ4v) is 2.16. The normalized spacial score (nSPS) is 10.8. The fraction of sp³-hybridized carbons (Fsp3) is 0.571. The molecule has 0 saturated carbocycles. The summed E-state index contributed by atoms with van der Waals surface area (Å²) in [6.45, 7) is 7.69. The van der Waals surface area contributed by atoms with E-state index in [1.807, 2.05) is 12.1 Å². The van der Waals surface area contributed by atoms with Gasteiger partial charge in [-0.3, -0.25) is 0 Å². The Balaban J connectivity index is 2.91. The highest BCUT2D eigenvalue weighted by molar-refractivity contribution is 5.51. The molecule has 0 fully saturated rings. The summed E-state index contributed by atoms with van der Waals surface area (Å²) in [5.41, 5.74) is 1.13. The van der Waals surface area contributed by atoms with Gasteiger partial charge in [0.25, 0.3) is 0 Å². The third kappa shape index (κ3) is 3.16. The van der Waals surface area contributed by atoms with Crippen molar-refractivity contribution in [2.24, 2.45) is 0 Å². The molecule has 16 heavy (non-hydrogen) atoms. The van der Waals surface area contributed by atoms with Gasteiger partial charge in [0.1, 0.15) is 5.75 Å². The van der Waals surface area contributed by atoms with Crippen LogP contribution in [0.3, 0.4) is 0 Å². The molecule has 2 nitrogen and oxygen atoms in total. The smallest absolute Gasteiger partial charge is 0.117 e. The third-order valence-electron chi connectivity index (χ3n) is 3.01. The highest BCUT2D eigenvalue weighted by Gasteiger charge is 2.14. The van der Waals surface area contributed by atoms with Gasteiger partial charge >= 0.3 is 0 Å². The van der Waals surface area contributed by atoms with Gasteiger partial charge in [-0.25, -0.2) is 0 Å². The van der Waals surface area contributed by atoms with Crippen molar-refractivity contribution < 1.29 is 5.11 Å². The summed E-state index contributed by atoms with van der Waals surface area (Å²) in [5, 5.41) is 9.53. The van der Waals surface area contributed by atoms with E-state index in [0.29, 0.717) is 11.8 Å². The largest absolute Gasteiger partial charge is 0.508 e. The van der Waals surface area contributed by atoms with Crippen LogP contribution in [-0.4, -0.2) is 17.7 Å². The predicted molar refractivity (Wildman–Crippen MR) is 70.1 cm³/mol. The average Bonchev–Trinajstić information content (AvgIpc) is 2.29. The van der Waals surface area contributed by atoms with Crippen LogP contribution < -0.4 is 4.90 Å². The van der Waals surface area contributed by atoms with Crippen molar-refractivity contribution in [3.05, 3.63) is 24.3 Å². The molecule has 0 bridgehead atoms. The minimum atomic E-state index is 0.351. The van der Waals surface area contributed by atoms with Gasteiger partial charge in [0.05, 0.1) is 0 Å². The van der Waals surface area contributed by atoms with Crippen molar-refractivity contribution >= 4 is 5.69 Å². The van der Waals surface area contributed by atoms with Crippen LogP contribution in [0.5, 0.6) is 5.75 Å². The van der Waals surface area contributed by atoms with Crippen molar-refractivity contribution in [1.82, 2.24) is 0 Å². The van der Waals surface area contributed by atoms with E-state index in [1.165, 1.54) is 0 Å². The maximum absolute atomic E-state index is 9.53. The average molecular weight is 221 g/mol. The van der Waals surface area contributed by atoms with Gasteiger partial charge < -0.3 is 10.0 Å². The Morgan fingerprint density at radius 2 is 1.88 bits per heavy atom. The molecule has 90 valence electrons. The molecular weight excluding hydrogens is 198 g/mol. The number of aromatic hydroxyl groups is 1. The summed E-state index contributed by atoms with van der Waals surface area (Å²) in [5.74, 6) is 0.351. The first-order valence-corrected chi connectivity index (χ1v) is 6.28. The zero-order chi connectivity index (χ0) is 12.0. The van der Waals surface area contributed by atoms with Crippen LogP contribution in [0.4, 0.5) is 5.69 Å². The van der Waals surface area contributed by atoms with E-state index in [4.69, 9.17) is 0 Å². The van der Waals surface area contributed by atoms with Crippen LogP contribution in [0.2, 0.25) is 0 Å². The fourth-order valence-electron chi connectivity index (χ4n) is 2.16. The first-order valence-electron chi connectivity index (χ1n) is 6.28. The highest BCUT2D eigenvalue weighted by atomic mass is 16.3. The Bertz CT molecular complexity index is 307. The van der Waals surface area contributed by atoms with Crippen molar-refractivity contribution in [2.75, 3.05) is 11.4 Å². The molecule has 0 atom stereocenters. The molecule has 0 amide bonds. The molecule has 1 N–H and O–H groups in total. The van der Waals surface area contributed by atoms with Gasteiger partial charge in [-0.05, 0) is 31.4 Å². The summed E-state index contributed by atoms with van der Waals surface area (Å²) >= 11 is 0. The second-order valence-corrected chi connectivity index (χ2v) is 4.18. The zero-order valence-electron chi connectivity index (χ0n) is 10.6. The van der Waals surface area contributed by atoms with Crippen molar-refractivity contribution in [3.8, 4) is 5.75 Å². The molecule has 0 aliphatic carbocycles. The molecule has 1 rings (SSSR count). The van der Waals surface area contributed by atoms with Crippen LogP contribution in [0, 0.1) is 0 Å². The van der Waals surface area contributed by atoms with Gasteiger partial charge in [0.2, 0.25) is 0 Å². The quantitative estimate of drug-likeness (QED) is 0.790. The van der Waals surface area contributed by atoms with E-state index in [-0.39, 0.29) is 0 Å². The van der Waals surface area contributed by atoms with Gasteiger partial charge in [-0.1, -0.05) is 26.8 Å². The minimum absolute atomic E-state index is 0.351. The van der Waals surface area contributed by atoms with E-state index in [9.17, 15) is 5.11 Å². The van der Waals surface area contributed by atoms with Crippen molar-refractivity contribution in [2.45, 2.75) is 46.1 Å². The van der Waals surface area contributed by atoms with Crippen molar-refractivity contribution in [1.29, 1.82) is 0 Å². The lowest BCUT2D eigenvalue weighted by Gasteiger charge is -2.32. The number of anilines is 1. The molecular formula is C14H23NO. The summed E-state index contributed by atoms with van der Waals surface area (Å²) in [6, 6.07) is 8.14. The first kappa shape index (κ1) is 12.9. The molecule has 0 aromatic heterocycles. The molecule has 2 heteroatoms. The maximum Gasteiger partial charge on any atom is 0.117 e. The molecule has 0 saturated heterocycles. The Hall–Kier alpha value is -1.18. The summed E-state index contributed by atoms with van der Waals surface area (Å²) in [7, 11) is 0. The second kappa shape index (κ2) is 6.41. The van der Waals surface area contributed by atoms with Crippen LogP contribution >= 0.6 is 0 Å². The van der Waals surface area contributed by atoms with E-state index >= 15 is 0 Å². The lowest BCUT2D eigenvalue weighted by atomic mass is 10.1. The molecule has 1 aromatic rings. The molecule has 0 aliphatic heterocycles. The minimum Gasteiger partial charge on any atom is -0.508 e. The van der Waals surface area contributed by atoms with Gasteiger partial charge in [-0.2, -0.15) is 0 Å². The molecule has 0 spiro atoms. The lowest BCUT2D eigenvalue weighted by molar-refractivity contribution is 0.474. The Morgan fingerprint density at radius 3 is 2.38 bits per heavy atom. The number of nitrogens with zero attached hydrogens (tertiary/aromatic N) is 1. The zero-order valence-corrected chi connectivity index (χ0v) is 10.6. The Kier molecular flexibility index (Phi) is 5.17. The van der Waals surface area contributed by atoms with Gasteiger partial charge in [0.15, 0.2) is 0 Å². The van der Waals surface area contributed by atoms with Crippen LogP contribution in [0.25, 0.3) is 0 Å². The van der Waals surface area contributed by atoms with E-state index in [0.717, 1.165) is 31.5 Å². The monoisotopic (exact) mass is 221 g/mol. The molecule has 0 aliphatic rings. The molecule has 0 unspecified atom stereocenters. The van der Waals surface area contributed by atoms with E-state index in [2.05, 4.69) is 31.7 Å². The summed E-state index contributed by atoms with van der Waals surface area (Å²) in [6.07, 6.45) is 3.42. The predicted octanol–water partition coefficient (Wildman–Crippen LogP) is 3.80. The topological polar surface area (TPSA) is 23.5 Å². The number of phenolic OH excluding ortho intramolecular Hbond substituents is 1. The van der Waals surface area contributed by atoms with Gasteiger partial charge in [0, 0.05) is 24.3 Å². The lowest BCUT2D eigenvalue weighted by Crippen LogP contribution is -2.35. The third-order valence-corrected chi connectivity index (χ3v) is 3.01. The van der Waals surface area contributed by atoms with Crippen LogP contribution in [0.1, 0.15) is 40.0 Å². The molecule has 1 aromatic carbocycles. The van der Waals surface area contributed by atoms with Crippen LogP contribution in [-0.2, 0) is 0 Å². The van der Waals surface area contributed by atoms with Crippen LogP contribution in [0.15, 0.2) is 24.3 Å². The number of hydrogen-bond acceptors (Lipinski definition) is 2. The summed E-state index contributed by atoms with van der Waals surface area (Å²) < 4.78 is 0. The Morgan fingerprint density at radius 1 is 1.19 bits per heavy atom. The van der Waals surface area contributed by atoms with Gasteiger partial charge in [-0.15, -0.1) is 0 Å². The standard InChI is InChI=1S/C14H23NO/c1-4-10-15(12(5-2)6-3)13-8-7-9-14(16)11-13/h7-9,11-12,16H,4-6,10H2,1-3H3. The number of rotatable bonds is 6. The van der Waals surface area contributed by atoms with Crippen molar-refractivity contribution in [3.63, 3.8) is 0 Å². The second-order valence-electron chi connectivity index (χ2n) is 4.18. The maximum atomic E-state index is 9.53. The Labute approximate surface area is 98.9 Å². The SMILES string of the molecule is CCCN(c1cccc(O)c1)C(CC)CC. The highest BCUT2D eigenvalue weighted by Crippen LogP contribution is 2.24. The number of phenols is 1.